The Kier molecular flexibility index (Phi) is 4.11. The van der Waals surface area contributed by atoms with Gasteiger partial charge in [0.1, 0.15) is 16.8 Å². The lowest BCUT2D eigenvalue weighted by molar-refractivity contribution is 0.174. The molecule has 9 heteroatoms. The van der Waals surface area contributed by atoms with Gasteiger partial charge in [0.05, 0.1) is 5.69 Å². The van der Waals surface area contributed by atoms with E-state index in [9.17, 15) is 12.8 Å². The molecule has 3 heterocycles. The highest BCUT2D eigenvalue weighted by Gasteiger charge is 2.41. The molecule has 2 aromatic carbocycles. The first-order valence-corrected chi connectivity index (χ1v) is 10.5. The van der Waals surface area contributed by atoms with E-state index in [1.807, 2.05) is 6.07 Å². The smallest absolute Gasteiger partial charge is 0.246 e. The van der Waals surface area contributed by atoms with E-state index in [2.05, 4.69) is 5.16 Å². The maximum atomic E-state index is 14.4. The van der Waals surface area contributed by atoms with Crippen LogP contribution in [0, 0.1) is 12.7 Å². The van der Waals surface area contributed by atoms with Crippen LogP contribution in [0.25, 0.3) is 0 Å². The van der Waals surface area contributed by atoms with Gasteiger partial charge in [-0.2, -0.15) is 4.31 Å². The maximum absolute atomic E-state index is 14.4. The molecule has 5 rings (SSSR count). The van der Waals surface area contributed by atoms with Crippen molar-refractivity contribution < 1.29 is 26.8 Å². The molecule has 7 nitrogen and oxygen atoms in total. The minimum absolute atomic E-state index is 0.113. The standard InChI is InChI=1S/C20H17FN2O5S/c1-12-8-18(28-22-12)20-14-10-17-16(26-11-27-17)9-13(14)6-7-23(20)29(24,25)19-5-3-2-4-15(19)21/h2-5,8-10,20H,6-7,11H2,1H3. The number of fused-ring (bicyclic) bond motifs is 2. The molecule has 2 aliphatic rings. The van der Waals surface area contributed by atoms with Gasteiger partial charge in [0.2, 0.25) is 16.8 Å². The lowest BCUT2D eigenvalue weighted by atomic mass is 9.92. The van der Waals surface area contributed by atoms with Gasteiger partial charge in [0.25, 0.3) is 0 Å². The summed E-state index contributed by atoms with van der Waals surface area (Å²) in [5, 5.41) is 3.92. The van der Waals surface area contributed by atoms with Crippen molar-refractivity contribution in [2.75, 3.05) is 13.3 Å². The fraction of sp³-hybridized carbons (Fsp3) is 0.250. The van der Waals surface area contributed by atoms with Gasteiger partial charge in [0.15, 0.2) is 17.3 Å². The highest BCUT2D eigenvalue weighted by Crippen LogP contribution is 2.44. The molecule has 3 aromatic rings. The summed E-state index contributed by atoms with van der Waals surface area (Å²) in [6.45, 7) is 2.03. The summed E-state index contributed by atoms with van der Waals surface area (Å²) in [7, 11) is -4.14. The van der Waals surface area contributed by atoms with Crippen LogP contribution in [0.5, 0.6) is 11.5 Å². The van der Waals surface area contributed by atoms with Crippen molar-refractivity contribution in [1.29, 1.82) is 0 Å². The van der Waals surface area contributed by atoms with Crippen LogP contribution in [0.2, 0.25) is 0 Å². The van der Waals surface area contributed by atoms with Crippen LogP contribution in [-0.4, -0.2) is 31.2 Å². The Balaban J connectivity index is 1.69. The first-order chi connectivity index (χ1) is 13.9. The zero-order chi connectivity index (χ0) is 20.2. The van der Waals surface area contributed by atoms with Crippen molar-refractivity contribution in [2.45, 2.75) is 24.3 Å². The molecule has 0 bridgehead atoms. The second-order valence-electron chi connectivity index (χ2n) is 6.97. The van der Waals surface area contributed by atoms with E-state index in [0.29, 0.717) is 34.9 Å². The molecule has 29 heavy (non-hydrogen) atoms. The summed E-state index contributed by atoms with van der Waals surface area (Å²) in [5.41, 5.74) is 2.25. The summed E-state index contributed by atoms with van der Waals surface area (Å²) in [6.07, 6.45) is 0.448. The Morgan fingerprint density at radius 1 is 1.14 bits per heavy atom. The first-order valence-electron chi connectivity index (χ1n) is 9.07. The van der Waals surface area contributed by atoms with Crippen molar-refractivity contribution >= 4 is 10.0 Å². The van der Waals surface area contributed by atoms with Crippen LogP contribution >= 0.6 is 0 Å². The third-order valence-electron chi connectivity index (χ3n) is 5.16. The molecule has 0 aliphatic carbocycles. The van der Waals surface area contributed by atoms with Gasteiger partial charge in [-0.05, 0) is 48.7 Å². The van der Waals surface area contributed by atoms with Gasteiger partial charge in [-0.1, -0.05) is 17.3 Å². The number of hydrogen-bond donors (Lipinski definition) is 0. The molecule has 1 aromatic heterocycles. The monoisotopic (exact) mass is 416 g/mol. The van der Waals surface area contributed by atoms with Gasteiger partial charge >= 0.3 is 0 Å². The van der Waals surface area contributed by atoms with Crippen molar-refractivity contribution in [3.63, 3.8) is 0 Å². The molecule has 0 amide bonds. The quantitative estimate of drug-likeness (QED) is 0.652. The SMILES string of the molecule is Cc1cc(C2c3cc4c(cc3CCN2S(=O)(=O)c2ccccc2F)OCO4)on1. The van der Waals surface area contributed by atoms with Crippen LogP contribution < -0.4 is 9.47 Å². The number of sulfonamides is 1. The van der Waals surface area contributed by atoms with Crippen molar-refractivity contribution in [1.82, 2.24) is 9.46 Å². The average molecular weight is 416 g/mol. The van der Waals surface area contributed by atoms with Crippen LogP contribution in [0.15, 0.2) is 51.9 Å². The molecule has 150 valence electrons. The van der Waals surface area contributed by atoms with E-state index >= 15 is 0 Å². The van der Waals surface area contributed by atoms with E-state index in [1.54, 1.807) is 19.1 Å². The zero-order valence-corrected chi connectivity index (χ0v) is 16.3. The number of rotatable bonds is 3. The Morgan fingerprint density at radius 3 is 2.62 bits per heavy atom. The van der Waals surface area contributed by atoms with Crippen LogP contribution in [0.4, 0.5) is 4.39 Å². The number of halogens is 1. The fourth-order valence-electron chi connectivity index (χ4n) is 3.83. The Hall–Kier alpha value is -2.91. The van der Waals surface area contributed by atoms with Gasteiger partial charge in [0, 0.05) is 12.6 Å². The number of aromatic nitrogens is 1. The Bertz CT molecular complexity index is 1210. The summed E-state index contributed by atoms with van der Waals surface area (Å²) in [4.78, 5) is -0.370. The predicted molar refractivity (Wildman–Crippen MR) is 99.6 cm³/mol. The average Bonchev–Trinajstić information content (AvgIpc) is 3.33. The number of hydrogen-bond acceptors (Lipinski definition) is 6. The molecule has 0 spiro atoms. The molecule has 2 aliphatic heterocycles. The largest absolute Gasteiger partial charge is 0.454 e. The van der Waals surface area contributed by atoms with Gasteiger partial charge < -0.3 is 14.0 Å². The molecule has 0 fully saturated rings. The molecule has 1 atom stereocenters. The van der Waals surface area contributed by atoms with Crippen LogP contribution in [-0.2, 0) is 16.4 Å². The van der Waals surface area contributed by atoms with Gasteiger partial charge in [-0.25, -0.2) is 12.8 Å². The number of aryl methyl sites for hydroxylation is 1. The third-order valence-corrected chi connectivity index (χ3v) is 7.06. The number of ether oxygens (including phenoxy) is 2. The molecular formula is C20H17FN2O5S. The molecular weight excluding hydrogens is 399 g/mol. The second-order valence-corrected chi connectivity index (χ2v) is 8.83. The molecule has 1 unspecified atom stereocenters. The fourth-order valence-corrected chi connectivity index (χ4v) is 5.48. The van der Waals surface area contributed by atoms with Gasteiger partial charge in [-0.3, -0.25) is 0 Å². The van der Waals surface area contributed by atoms with Crippen molar-refractivity contribution in [3.05, 3.63) is 70.9 Å². The topological polar surface area (TPSA) is 81.9 Å². The third kappa shape index (κ3) is 2.89. The lowest BCUT2D eigenvalue weighted by Gasteiger charge is -2.35. The van der Waals surface area contributed by atoms with Crippen LogP contribution in [0.3, 0.4) is 0 Å². The van der Waals surface area contributed by atoms with Gasteiger partial charge in [-0.15, -0.1) is 0 Å². The predicted octanol–water partition coefficient (Wildman–Crippen LogP) is 3.19. The van der Waals surface area contributed by atoms with E-state index in [4.69, 9.17) is 14.0 Å². The van der Waals surface area contributed by atoms with E-state index in [0.717, 1.165) is 11.6 Å². The normalized spacial score (nSPS) is 18.6. The van der Waals surface area contributed by atoms with Crippen molar-refractivity contribution in [2.24, 2.45) is 0 Å². The van der Waals surface area contributed by atoms with Crippen LogP contribution in [0.1, 0.15) is 28.6 Å². The van der Waals surface area contributed by atoms with E-state index in [-0.39, 0.29) is 18.2 Å². The highest BCUT2D eigenvalue weighted by molar-refractivity contribution is 7.89. The minimum Gasteiger partial charge on any atom is -0.454 e. The molecule has 0 N–H and O–H groups in total. The lowest BCUT2D eigenvalue weighted by Crippen LogP contribution is -2.40. The van der Waals surface area contributed by atoms with E-state index < -0.39 is 21.9 Å². The maximum Gasteiger partial charge on any atom is 0.246 e. The summed E-state index contributed by atoms with van der Waals surface area (Å²) in [5.74, 6) is 0.732. The Labute approximate surface area is 166 Å². The molecule has 0 saturated carbocycles. The minimum atomic E-state index is -4.14. The summed E-state index contributed by atoms with van der Waals surface area (Å²) < 4.78 is 58.8. The number of nitrogens with zero attached hydrogens (tertiary/aromatic N) is 2. The second kappa shape index (κ2) is 6.57. The molecule has 0 saturated heterocycles. The molecule has 0 radical (unpaired) electrons. The zero-order valence-electron chi connectivity index (χ0n) is 15.5. The first kappa shape index (κ1) is 18.1. The van der Waals surface area contributed by atoms with E-state index in [1.165, 1.54) is 22.5 Å². The van der Waals surface area contributed by atoms with Crippen molar-refractivity contribution in [3.8, 4) is 11.5 Å². The number of benzene rings is 2. The highest BCUT2D eigenvalue weighted by atomic mass is 32.2. The summed E-state index contributed by atoms with van der Waals surface area (Å²) in [6, 6.07) is 9.88. The summed E-state index contributed by atoms with van der Waals surface area (Å²) >= 11 is 0. The Morgan fingerprint density at radius 2 is 1.90 bits per heavy atom.